The molecule has 25 heavy (non-hydrogen) atoms. The van der Waals surface area contributed by atoms with Gasteiger partial charge >= 0.3 is 0 Å². The fourth-order valence-electron chi connectivity index (χ4n) is 2.17. The molecule has 0 bridgehead atoms. The number of nitrogens with zero attached hydrogens (tertiary/aromatic N) is 1. The molecule has 0 heterocycles. The third-order valence-corrected chi connectivity index (χ3v) is 4.35. The predicted octanol–water partition coefficient (Wildman–Crippen LogP) is 4.26. The van der Waals surface area contributed by atoms with Crippen molar-refractivity contribution in [2.24, 2.45) is 4.99 Å². The van der Waals surface area contributed by atoms with Crippen molar-refractivity contribution < 1.29 is 4.79 Å². The molecule has 5 heteroatoms. The second kappa shape index (κ2) is 9.69. The number of thioether (sulfide) groups is 1. The molecular weight excluding hydrogens is 330 g/mol. The predicted molar refractivity (Wildman–Crippen MR) is 108 cm³/mol. The van der Waals surface area contributed by atoms with Gasteiger partial charge in [0.05, 0.1) is 11.2 Å². The van der Waals surface area contributed by atoms with Gasteiger partial charge in [-0.2, -0.15) is 0 Å². The molecule has 130 valence electrons. The highest BCUT2D eigenvalue weighted by Crippen LogP contribution is 2.15. The molecular formula is C20H23N3OS. The quantitative estimate of drug-likeness (QED) is 0.444. The van der Waals surface area contributed by atoms with Crippen molar-refractivity contribution in [3.05, 3.63) is 76.3 Å². The monoisotopic (exact) mass is 353 g/mol. The van der Waals surface area contributed by atoms with Crippen LogP contribution in [-0.2, 0) is 11.3 Å². The van der Waals surface area contributed by atoms with E-state index in [-0.39, 0.29) is 5.91 Å². The SMILES string of the molecule is CS/C(=C\N=CNc1cc(C)ccc1C)C(=O)NCc1ccccc1. The zero-order valence-corrected chi connectivity index (χ0v) is 15.6. The van der Waals surface area contributed by atoms with Crippen molar-refractivity contribution in [1.29, 1.82) is 0 Å². The van der Waals surface area contributed by atoms with Crippen molar-refractivity contribution in [3.63, 3.8) is 0 Å². The minimum Gasteiger partial charge on any atom is -0.347 e. The summed E-state index contributed by atoms with van der Waals surface area (Å²) in [6.07, 6.45) is 5.03. The maximum atomic E-state index is 12.2. The Labute approximate surface area is 153 Å². The van der Waals surface area contributed by atoms with Crippen LogP contribution in [0, 0.1) is 13.8 Å². The van der Waals surface area contributed by atoms with E-state index in [2.05, 4.69) is 33.8 Å². The van der Waals surface area contributed by atoms with Crippen LogP contribution in [0.25, 0.3) is 0 Å². The normalized spacial score (nSPS) is 11.6. The molecule has 0 radical (unpaired) electrons. The first-order valence-corrected chi connectivity index (χ1v) is 9.24. The lowest BCUT2D eigenvalue weighted by atomic mass is 10.1. The van der Waals surface area contributed by atoms with Gasteiger partial charge in [0.1, 0.15) is 0 Å². The van der Waals surface area contributed by atoms with E-state index >= 15 is 0 Å². The molecule has 2 aromatic rings. The van der Waals surface area contributed by atoms with E-state index in [1.807, 2.05) is 50.4 Å². The van der Waals surface area contributed by atoms with E-state index < -0.39 is 0 Å². The number of anilines is 1. The number of aliphatic imine (C=N–C) groups is 1. The van der Waals surface area contributed by atoms with E-state index in [9.17, 15) is 4.79 Å². The molecule has 0 aromatic heterocycles. The maximum Gasteiger partial charge on any atom is 0.259 e. The van der Waals surface area contributed by atoms with Gasteiger partial charge in [0.25, 0.3) is 5.91 Å². The summed E-state index contributed by atoms with van der Waals surface area (Å²) in [6, 6.07) is 16.0. The molecule has 0 unspecified atom stereocenters. The van der Waals surface area contributed by atoms with Crippen LogP contribution in [0.15, 0.2) is 64.6 Å². The number of nitrogens with one attached hydrogen (secondary N) is 2. The van der Waals surface area contributed by atoms with E-state index in [1.165, 1.54) is 17.3 Å². The zero-order chi connectivity index (χ0) is 18.1. The molecule has 0 aliphatic heterocycles. The maximum absolute atomic E-state index is 12.2. The first-order valence-electron chi connectivity index (χ1n) is 8.02. The smallest absolute Gasteiger partial charge is 0.259 e. The highest BCUT2D eigenvalue weighted by atomic mass is 32.2. The lowest BCUT2D eigenvalue weighted by Gasteiger charge is -2.07. The topological polar surface area (TPSA) is 53.5 Å². The van der Waals surface area contributed by atoms with Crippen LogP contribution in [0.5, 0.6) is 0 Å². The van der Waals surface area contributed by atoms with Crippen molar-refractivity contribution in [2.75, 3.05) is 11.6 Å². The molecule has 0 aliphatic carbocycles. The second-order valence-corrected chi connectivity index (χ2v) is 6.45. The number of aryl methyl sites for hydroxylation is 2. The average molecular weight is 353 g/mol. The molecule has 1 amide bonds. The molecule has 4 nitrogen and oxygen atoms in total. The van der Waals surface area contributed by atoms with Gasteiger partial charge in [-0.05, 0) is 42.9 Å². The summed E-state index contributed by atoms with van der Waals surface area (Å²) in [5, 5.41) is 6.06. The molecule has 2 rings (SSSR count). The summed E-state index contributed by atoms with van der Waals surface area (Å²) < 4.78 is 0. The molecule has 0 spiro atoms. The number of hydrogen-bond acceptors (Lipinski definition) is 3. The fourth-order valence-corrected chi connectivity index (χ4v) is 2.60. The lowest BCUT2D eigenvalue weighted by Crippen LogP contribution is -2.23. The van der Waals surface area contributed by atoms with Crippen LogP contribution < -0.4 is 10.6 Å². The van der Waals surface area contributed by atoms with E-state index in [1.54, 1.807) is 12.5 Å². The van der Waals surface area contributed by atoms with Crippen LogP contribution in [0.3, 0.4) is 0 Å². The van der Waals surface area contributed by atoms with Crippen LogP contribution in [-0.4, -0.2) is 18.5 Å². The number of benzene rings is 2. The highest BCUT2D eigenvalue weighted by molar-refractivity contribution is 8.03. The van der Waals surface area contributed by atoms with Crippen molar-refractivity contribution in [1.82, 2.24) is 5.32 Å². The Morgan fingerprint density at radius 1 is 1.16 bits per heavy atom. The number of amides is 1. The summed E-state index contributed by atoms with van der Waals surface area (Å²) in [5.41, 5.74) is 4.40. The van der Waals surface area contributed by atoms with E-state index in [4.69, 9.17) is 0 Å². The first-order chi connectivity index (χ1) is 12.1. The second-order valence-electron chi connectivity index (χ2n) is 5.61. The van der Waals surface area contributed by atoms with Crippen LogP contribution in [0.2, 0.25) is 0 Å². The van der Waals surface area contributed by atoms with Gasteiger partial charge in [0.2, 0.25) is 0 Å². The van der Waals surface area contributed by atoms with Crippen molar-refractivity contribution in [3.8, 4) is 0 Å². The van der Waals surface area contributed by atoms with Gasteiger partial charge in [-0.1, -0.05) is 42.5 Å². The molecule has 2 aromatic carbocycles. The van der Waals surface area contributed by atoms with Gasteiger partial charge in [0, 0.05) is 18.4 Å². The molecule has 0 fully saturated rings. The van der Waals surface area contributed by atoms with Gasteiger partial charge in [-0.15, -0.1) is 11.8 Å². The Balaban J connectivity index is 1.92. The standard InChI is InChI=1S/C20H23N3OS/c1-15-9-10-16(2)18(11-15)23-14-21-13-19(25-3)20(24)22-12-17-7-5-4-6-8-17/h4-11,13-14H,12H2,1-3H3,(H,21,23)(H,22,24)/b19-13-. The summed E-state index contributed by atoms with van der Waals surface area (Å²) in [5.74, 6) is -0.125. The third kappa shape index (κ3) is 6.12. The summed E-state index contributed by atoms with van der Waals surface area (Å²) >= 11 is 1.37. The number of carbonyl (C=O) groups is 1. The molecule has 0 saturated heterocycles. The molecule has 0 saturated carbocycles. The molecule has 0 atom stereocenters. The van der Waals surface area contributed by atoms with Crippen LogP contribution in [0.4, 0.5) is 5.69 Å². The summed E-state index contributed by atoms with van der Waals surface area (Å²) in [6.45, 7) is 4.59. The first kappa shape index (κ1) is 18.8. The Bertz CT molecular complexity index is 770. The molecule has 0 aliphatic rings. The van der Waals surface area contributed by atoms with E-state index in [0.29, 0.717) is 11.4 Å². The Hall–Kier alpha value is -2.53. The minimum absolute atomic E-state index is 0.125. The number of hydrogen-bond donors (Lipinski definition) is 2. The third-order valence-electron chi connectivity index (χ3n) is 3.62. The Kier molecular flexibility index (Phi) is 7.29. The fraction of sp³-hybridized carbons (Fsp3) is 0.200. The number of carbonyl (C=O) groups excluding carboxylic acids is 1. The Morgan fingerprint density at radius 2 is 1.92 bits per heavy atom. The van der Waals surface area contributed by atoms with Gasteiger partial charge in [-0.25, -0.2) is 4.99 Å². The zero-order valence-electron chi connectivity index (χ0n) is 14.7. The van der Waals surface area contributed by atoms with E-state index in [0.717, 1.165) is 16.8 Å². The van der Waals surface area contributed by atoms with Gasteiger partial charge in [-0.3, -0.25) is 4.79 Å². The largest absolute Gasteiger partial charge is 0.347 e. The summed E-state index contributed by atoms with van der Waals surface area (Å²) in [4.78, 5) is 17.0. The van der Waals surface area contributed by atoms with Crippen LogP contribution >= 0.6 is 11.8 Å². The van der Waals surface area contributed by atoms with Crippen molar-refractivity contribution >= 4 is 29.7 Å². The number of rotatable bonds is 7. The van der Waals surface area contributed by atoms with Gasteiger partial charge in [0.15, 0.2) is 0 Å². The lowest BCUT2D eigenvalue weighted by molar-refractivity contribution is -0.116. The molecule has 2 N–H and O–H groups in total. The van der Waals surface area contributed by atoms with Crippen LogP contribution in [0.1, 0.15) is 16.7 Å². The minimum atomic E-state index is -0.125. The average Bonchev–Trinajstić information content (AvgIpc) is 2.63. The summed E-state index contributed by atoms with van der Waals surface area (Å²) in [7, 11) is 0. The van der Waals surface area contributed by atoms with Gasteiger partial charge < -0.3 is 10.6 Å². The highest BCUT2D eigenvalue weighted by Gasteiger charge is 2.07. The van der Waals surface area contributed by atoms with Crippen molar-refractivity contribution in [2.45, 2.75) is 20.4 Å². The Morgan fingerprint density at radius 3 is 2.64 bits per heavy atom.